The number of rotatable bonds is 36. The third-order valence-electron chi connectivity index (χ3n) is 7.48. The van der Waals surface area contributed by atoms with Crippen LogP contribution in [0, 0.1) is 0 Å². The number of carbonyl (C=O) groups is 1. The van der Waals surface area contributed by atoms with E-state index in [4.69, 9.17) is 24.3 Å². The molecule has 0 aromatic rings. The number of unbranched alkanes of at least 4 members (excludes halogenated alkanes) is 7. The van der Waals surface area contributed by atoms with Gasteiger partial charge in [-0.15, -0.1) is 0 Å². The Labute approximate surface area is 317 Å². The Bertz CT molecular complexity index is 1110. The monoisotopic (exact) mass is 746 g/mol. The summed E-state index contributed by atoms with van der Waals surface area (Å²) in [5, 5.41) is 0. The number of allylic oxidation sites excluding steroid dienone is 16. The quantitative estimate of drug-likeness (QED) is 0.0282. The molecule has 8 nitrogen and oxygen atoms in total. The highest BCUT2D eigenvalue weighted by Gasteiger charge is 2.25. The number of hydrogen-bond donors (Lipinski definition) is 2. The van der Waals surface area contributed by atoms with E-state index in [1.165, 1.54) is 25.7 Å². The summed E-state index contributed by atoms with van der Waals surface area (Å²) in [5.41, 5.74) is 5.35. The Kier molecular flexibility index (Phi) is 37.7. The summed E-state index contributed by atoms with van der Waals surface area (Å²) >= 11 is 0. The number of phosphoric ester groups is 1. The minimum absolute atomic E-state index is 0.0719. The fourth-order valence-electron chi connectivity index (χ4n) is 4.65. The van der Waals surface area contributed by atoms with E-state index in [1.807, 2.05) is 12.2 Å². The van der Waals surface area contributed by atoms with Crippen molar-refractivity contribution in [2.24, 2.45) is 5.73 Å². The molecule has 0 aliphatic rings. The maximum Gasteiger partial charge on any atom is 0.472 e. The van der Waals surface area contributed by atoms with Crippen LogP contribution in [0.25, 0.3) is 0 Å². The topological polar surface area (TPSA) is 117 Å². The molecule has 9 heteroatoms. The third kappa shape index (κ3) is 38.6. The van der Waals surface area contributed by atoms with E-state index >= 15 is 0 Å². The van der Waals surface area contributed by atoms with Crippen LogP contribution in [0.5, 0.6) is 0 Å². The summed E-state index contributed by atoms with van der Waals surface area (Å²) in [6.07, 6.45) is 51.5. The van der Waals surface area contributed by atoms with Crippen LogP contribution >= 0.6 is 7.82 Å². The van der Waals surface area contributed by atoms with Crippen LogP contribution in [0.4, 0.5) is 0 Å². The summed E-state index contributed by atoms with van der Waals surface area (Å²) in [4.78, 5) is 22.4. The molecule has 0 radical (unpaired) electrons. The summed E-state index contributed by atoms with van der Waals surface area (Å²) in [6, 6.07) is 0. The zero-order chi connectivity index (χ0) is 38.1. The van der Waals surface area contributed by atoms with Crippen molar-refractivity contribution in [3.05, 3.63) is 97.2 Å². The molecular formula is C43H72NO7P. The number of esters is 1. The lowest BCUT2D eigenvalue weighted by atomic mass is 10.1. The van der Waals surface area contributed by atoms with E-state index in [-0.39, 0.29) is 32.8 Å². The van der Waals surface area contributed by atoms with Gasteiger partial charge in [-0.05, 0) is 77.0 Å². The average molecular weight is 746 g/mol. The van der Waals surface area contributed by atoms with Gasteiger partial charge in [0.1, 0.15) is 6.10 Å². The zero-order valence-electron chi connectivity index (χ0n) is 32.5. The van der Waals surface area contributed by atoms with Crippen LogP contribution in [0.15, 0.2) is 97.2 Å². The van der Waals surface area contributed by atoms with Gasteiger partial charge in [-0.2, -0.15) is 0 Å². The molecule has 0 aliphatic heterocycles. The molecule has 2 unspecified atom stereocenters. The number of ether oxygens (including phenoxy) is 2. The SMILES string of the molecule is CC/C=C\C/C=C\C/C=C\C/C=C\C/C=C\C/C=C\CCC(=O)OC(COCCCCCCCC/C=C\C/C=C\CCC)COP(=O)(O)OCCN. The third-order valence-corrected chi connectivity index (χ3v) is 8.46. The van der Waals surface area contributed by atoms with E-state index in [9.17, 15) is 14.3 Å². The summed E-state index contributed by atoms with van der Waals surface area (Å²) in [6.45, 7) is 4.57. The number of nitrogens with two attached hydrogens (primary N) is 1. The van der Waals surface area contributed by atoms with Crippen LogP contribution in [0.2, 0.25) is 0 Å². The molecule has 0 rings (SSSR count). The highest BCUT2D eigenvalue weighted by molar-refractivity contribution is 7.47. The highest BCUT2D eigenvalue weighted by atomic mass is 31.2. The van der Waals surface area contributed by atoms with Crippen molar-refractivity contribution in [1.82, 2.24) is 0 Å². The lowest BCUT2D eigenvalue weighted by molar-refractivity contribution is -0.154. The van der Waals surface area contributed by atoms with Gasteiger partial charge in [-0.3, -0.25) is 13.8 Å². The fraction of sp³-hybridized carbons (Fsp3) is 0.605. The summed E-state index contributed by atoms with van der Waals surface area (Å²) in [7, 11) is -4.30. The second-order valence-corrected chi connectivity index (χ2v) is 13.9. The maximum atomic E-state index is 12.5. The summed E-state index contributed by atoms with van der Waals surface area (Å²) in [5.74, 6) is -0.421. The first-order valence-electron chi connectivity index (χ1n) is 19.7. The molecule has 296 valence electrons. The van der Waals surface area contributed by atoms with Gasteiger partial charge >= 0.3 is 13.8 Å². The van der Waals surface area contributed by atoms with Gasteiger partial charge in [0.25, 0.3) is 0 Å². The molecular weight excluding hydrogens is 673 g/mol. The van der Waals surface area contributed by atoms with E-state index in [0.717, 1.165) is 77.0 Å². The van der Waals surface area contributed by atoms with Crippen LogP contribution < -0.4 is 5.73 Å². The smallest absolute Gasteiger partial charge is 0.457 e. The summed E-state index contributed by atoms with van der Waals surface area (Å²) < 4.78 is 33.2. The molecule has 0 heterocycles. The minimum atomic E-state index is -4.30. The molecule has 0 aromatic heterocycles. The van der Waals surface area contributed by atoms with Crippen molar-refractivity contribution in [3.63, 3.8) is 0 Å². The van der Waals surface area contributed by atoms with Crippen molar-refractivity contribution < 1.29 is 32.8 Å². The Morgan fingerprint density at radius 1 is 0.596 bits per heavy atom. The number of hydrogen-bond acceptors (Lipinski definition) is 7. The highest BCUT2D eigenvalue weighted by Crippen LogP contribution is 2.43. The van der Waals surface area contributed by atoms with Gasteiger partial charge in [0.05, 0.1) is 19.8 Å². The second kappa shape index (κ2) is 39.6. The Hall–Kier alpha value is -2.58. The van der Waals surface area contributed by atoms with Crippen molar-refractivity contribution in [3.8, 4) is 0 Å². The minimum Gasteiger partial charge on any atom is -0.457 e. The molecule has 52 heavy (non-hydrogen) atoms. The van der Waals surface area contributed by atoms with E-state index < -0.39 is 19.9 Å². The standard InChI is InChI=1S/C43H72NO7P/c1-3-5-7-9-11-13-15-17-19-20-21-22-23-24-26-28-30-32-34-36-43(45)51-42(41-50-52(46,47)49-39-37-44)40-48-38-35-33-31-29-27-25-18-16-14-12-10-8-6-4-2/h5,7-8,10-11,13-14,16-17,19,21-22,24,26,30,32,42H,3-4,6,9,12,15,18,20,23,25,27-29,31,33-41,44H2,1-2H3,(H,46,47)/b7-5-,10-8-,13-11-,16-14-,19-17-,22-21-,26-24-,32-30-. The van der Waals surface area contributed by atoms with Gasteiger partial charge in [0, 0.05) is 19.6 Å². The molecule has 0 saturated heterocycles. The maximum absolute atomic E-state index is 12.5. The molecule has 0 spiro atoms. The zero-order valence-corrected chi connectivity index (χ0v) is 33.4. The Morgan fingerprint density at radius 3 is 1.62 bits per heavy atom. The van der Waals surface area contributed by atoms with Crippen molar-refractivity contribution >= 4 is 13.8 Å². The molecule has 0 aliphatic carbocycles. The first-order valence-corrected chi connectivity index (χ1v) is 21.2. The number of carbonyl (C=O) groups excluding carboxylic acids is 1. The van der Waals surface area contributed by atoms with Crippen LogP contribution in [0.1, 0.15) is 129 Å². The molecule has 0 aromatic carbocycles. The van der Waals surface area contributed by atoms with Gasteiger partial charge in [0.2, 0.25) is 0 Å². The van der Waals surface area contributed by atoms with Crippen molar-refractivity contribution in [1.29, 1.82) is 0 Å². The normalized spacial score (nSPS) is 14.6. The Morgan fingerprint density at radius 2 is 1.08 bits per heavy atom. The van der Waals surface area contributed by atoms with Gasteiger partial charge in [-0.25, -0.2) is 4.57 Å². The Balaban J connectivity index is 4.26. The van der Waals surface area contributed by atoms with Crippen molar-refractivity contribution in [2.45, 2.75) is 136 Å². The first kappa shape index (κ1) is 49.4. The average Bonchev–Trinajstić information content (AvgIpc) is 3.13. The van der Waals surface area contributed by atoms with Gasteiger partial charge in [0.15, 0.2) is 0 Å². The molecule has 3 N–H and O–H groups in total. The molecule has 0 bridgehead atoms. The molecule has 0 saturated carbocycles. The van der Waals surface area contributed by atoms with Crippen LogP contribution in [0.3, 0.4) is 0 Å². The van der Waals surface area contributed by atoms with E-state index in [0.29, 0.717) is 13.0 Å². The second-order valence-electron chi connectivity index (χ2n) is 12.4. The van der Waals surface area contributed by atoms with Crippen LogP contribution in [-0.2, 0) is 27.9 Å². The molecule has 2 atom stereocenters. The lowest BCUT2D eigenvalue weighted by Gasteiger charge is -2.19. The lowest BCUT2D eigenvalue weighted by Crippen LogP contribution is -2.28. The van der Waals surface area contributed by atoms with Crippen LogP contribution in [-0.4, -0.2) is 49.9 Å². The van der Waals surface area contributed by atoms with Gasteiger partial charge < -0.3 is 20.1 Å². The molecule has 0 amide bonds. The number of phosphoric acid groups is 1. The first-order chi connectivity index (χ1) is 25.4. The predicted octanol–water partition coefficient (Wildman–Crippen LogP) is 11.5. The fourth-order valence-corrected chi connectivity index (χ4v) is 5.41. The van der Waals surface area contributed by atoms with Crippen molar-refractivity contribution in [2.75, 3.05) is 33.0 Å². The molecule has 0 fully saturated rings. The van der Waals surface area contributed by atoms with E-state index in [2.05, 4.69) is 98.9 Å². The predicted molar refractivity (Wildman–Crippen MR) is 219 cm³/mol. The largest absolute Gasteiger partial charge is 0.472 e. The van der Waals surface area contributed by atoms with E-state index in [1.54, 1.807) is 0 Å². The van der Waals surface area contributed by atoms with Gasteiger partial charge in [-0.1, -0.05) is 143 Å².